The summed E-state index contributed by atoms with van der Waals surface area (Å²) in [6, 6.07) is 43.8. The van der Waals surface area contributed by atoms with Gasteiger partial charge in [0.15, 0.2) is 0 Å². The van der Waals surface area contributed by atoms with E-state index in [0.717, 1.165) is 0 Å². The van der Waals surface area contributed by atoms with E-state index < -0.39 is 0 Å². The van der Waals surface area contributed by atoms with Crippen LogP contribution in [0.15, 0.2) is 115 Å². The predicted octanol–water partition coefficient (Wildman–Crippen LogP) is 12.5. The molecule has 6 aromatic rings. The lowest BCUT2D eigenvalue weighted by molar-refractivity contribution is 0.584. The Morgan fingerprint density at radius 3 is 1.61 bits per heavy atom. The molecule has 0 bridgehead atoms. The molecule has 228 valence electrons. The molecule has 1 nitrogen and oxygen atoms in total. The molecule has 0 fully saturated rings. The van der Waals surface area contributed by atoms with Gasteiger partial charge < -0.3 is 4.90 Å². The number of anilines is 3. The van der Waals surface area contributed by atoms with E-state index in [4.69, 9.17) is 0 Å². The number of benzene rings is 6. The topological polar surface area (TPSA) is 3.24 Å². The van der Waals surface area contributed by atoms with Crippen LogP contribution in [0, 0.1) is 6.92 Å². The zero-order valence-corrected chi connectivity index (χ0v) is 28.4. The molecule has 0 saturated carbocycles. The molecule has 2 aliphatic carbocycles. The number of hydrogen-bond donors (Lipinski definition) is 0. The van der Waals surface area contributed by atoms with Crippen molar-refractivity contribution in [1.82, 2.24) is 0 Å². The van der Waals surface area contributed by atoms with Gasteiger partial charge in [0.1, 0.15) is 0 Å². The van der Waals surface area contributed by atoms with Crippen LogP contribution >= 0.6 is 0 Å². The highest BCUT2D eigenvalue weighted by Gasteiger charge is 2.38. The minimum atomic E-state index is -0.107. The van der Waals surface area contributed by atoms with Gasteiger partial charge in [-0.25, -0.2) is 0 Å². The van der Waals surface area contributed by atoms with E-state index in [2.05, 4.69) is 176 Å². The first-order valence-electron chi connectivity index (χ1n) is 16.7. The molecule has 0 aromatic heterocycles. The summed E-state index contributed by atoms with van der Waals surface area (Å²) in [7, 11) is 0. The van der Waals surface area contributed by atoms with Crippen molar-refractivity contribution < 1.29 is 0 Å². The van der Waals surface area contributed by atoms with Crippen molar-refractivity contribution in [2.24, 2.45) is 0 Å². The van der Waals surface area contributed by atoms with Gasteiger partial charge in [-0.2, -0.15) is 0 Å². The highest BCUT2D eigenvalue weighted by Crippen LogP contribution is 2.54. The lowest BCUT2D eigenvalue weighted by Gasteiger charge is -2.31. The van der Waals surface area contributed by atoms with Gasteiger partial charge in [0.2, 0.25) is 0 Å². The minimum absolute atomic E-state index is 0.0741. The van der Waals surface area contributed by atoms with E-state index in [1.807, 2.05) is 0 Å². The zero-order valence-electron chi connectivity index (χ0n) is 28.4. The van der Waals surface area contributed by atoms with E-state index in [9.17, 15) is 0 Å². The van der Waals surface area contributed by atoms with Crippen molar-refractivity contribution in [3.63, 3.8) is 0 Å². The number of aryl methyl sites for hydroxylation is 1. The Kier molecular flexibility index (Phi) is 6.07. The van der Waals surface area contributed by atoms with E-state index in [0.29, 0.717) is 0 Å². The van der Waals surface area contributed by atoms with E-state index in [1.54, 1.807) is 0 Å². The van der Waals surface area contributed by atoms with Crippen molar-refractivity contribution >= 4 is 27.8 Å². The van der Waals surface area contributed by atoms with Crippen molar-refractivity contribution in [2.75, 3.05) is 4.90 Å². The maximum atomic E-state index is 2.50. The Morgan fingerprint density at radius 1 is 0.478 bits per heavy atom. The summed E-state index contributed by atoms with van der Waals surface area (Å²) in [5.41, 5.74) is 17.2. The molecular formula is C45H43N. The van der Waals surface area contributed by atoms with Gasteiger partial charge in [-0.05, 0) is 104 Å². The van der Waals surface area contributed by atoms with Gasteiger partial charge in [-0.3, -0.25) is 0 Å². The molecule has 0 unspecified atom stereocenters. The molecule has 0 amide bonds. The van der Waals surface area contributed by atoms with Gasteiger partial charge >= 0.3 is 0 Å². The fourth-order valence-corrected chi connectivity index (χ4v) is 8.22. The Hall–Kier alpha value is -4.62. The molecule has 6 aromatic carbocycles. The Morgan fingerprint density at radius 2 is 0.978 bits per heavy atom. The van der Waals surface area contributed by atoms with Crippen LogP contribution in [0.4, 0.5) is 17.1 Å². The van der Waals surface area contributed by atoms with Gasteiger partial charge in [-0.1, -0.05) is 133 Å². The molecule has 0 N–H and O–H groups in total. The van der Waals surface area contributed by atoms with Crippen molar-refractivity contribution in [1.29, 1.82) is 0 Å². The van der Waals surface area contributed by atoms with Crippen LogP contribution in [0.5, 0.6) is 0 Å². The third-order valence-corrected chi connectivity index (χ3v) is 11.0. The molecule has 0 spiro atoms. The van der Waals surface area contributed by atoms with E-state index in [1.165, 1.54) is 83.5 Å². The third-order valence-electron chi connectivity index (χ3n) is 11.0. The second-order valence-corrected chi connectivity index (χ2v) is 15.5. The molecule has 0 saturated heterocycles. The Bertz CT molecular complexity index is 2200. The number of nitrogens with zero attached hydrogens (tertiary/aromatic N) is 1. The van der Waals surface area contributed by atoms with Crippen molar-refractivity contribution in [3.8, 4) is 22.3 Å². The average molecular weight is 598 g/mol. The third kappa shape index (κ3) is 4.07. The van der Waals surface area contributed by atoms with Crippen LogP contribution in [-0.4, -0.2) is 0 Å². The molecule has 0 atom stereocenters. The molecule has 2 aliphatic rings. The molecule has 46 heavy (non-hydrogen) atoms. The van der Waals surface area contributed by atoms with Crippen LogP contribution in [0.2, 0.25) is 0 Å². The van der Waals surface area contributed by atoms with Crippen molar-refractivity contribution in [2.45, 2.75) is 71.6 Å². The molecule has 0 radical (unpaired) electrons. The second kappa shape index (κ2) is 9.69. The SMILES string of the molecule is Cc1ccc(N(c2ccc3c(c2)C(C)(C)c2ccccc2-3)c2ccc3c(c2)C(C)(C)c2cc(C(C)(C)C)ccc2-3)c2ccccc12. The van der Waals surface area contributed by atoms with Crippen LogP contribution in [0.1, 0.15) is 81.8 Å². The normalized spacial score (nSPS) is 15.3. The first-order chi connectivity index (χ1) is 21.9. The number of fused-ring (bicyclic) bond motifs is 7. The lowest BCUT2D eigenvalue weighted by atomic mass is 9.79. The summed E-state index contributed by atoms with van der Waals surface area (Å²) in [5.74, 6) is 0. The maximum absolute atomic E-state index is 2.50. The molecule has 0 heterocycles. The summed E-state index contributed by atoms with van der Waals surface area (Å²) in [4.78, 5) is 2.50. The van der Waals surface area contributed by atoms with Crippen LogP contribution in [-0.2, 0) is 16.2 Å². The first kappa shape index (κ1) is 28.8. The zero-order chi connectivity index (χ0) is 32.2. The summed E-state index contributed by atoms with van der Waals surface area (Å²) in [6.45, 7) is 18.7. The number of hydrogen-bond acceptors (Lipinski definition) is 1. The van der Waals surface area contributed by atoms with Gasteiger partial charge in [0.25, 0.3) is 0 Å². The quantitative estimate of drug-likeness (QED) is 0.196. The second-order valence-electron chi connectivity index (χ2n) is 15.5. The summed E-state index contributed by atoms with van der Waals surface area (Å²) >= 11 is 0. The fraction of sp³-hybridized carbons (Fsp3) is 0.244. The molecule has 1 heteroatoms. The largest absolute Gasteiger partial charge is 0.310 e. The van der Waals surface area contributed by atoms with E-state index >= 15 is 0 Å². The monoisotopic (exact) mass is 597 g/mol. The molecular weight excluding hydrogens is 555 g/mol. The Balaban J connectivity index is 1.35. The summed E-state index contributed by atoms with van der Waals surface area (Å²) < 4.78 is 0. The standard InChI is InChI=1S/C45H43N/c1-28-17-24-42(37-15-10-9-13-32(28)37)46(30-19-22-35-33-14-11-12-16-38(33)44(5,6)40(35)26-30)31-20-23-36-34-21-18-29(43(2,3)4)25-39(34)45(7,8)41(36)27-31/h9-27H,1-8H3. The van der Waals surface area contributed by atoms with Gasteiger partial charge in [0, 0.05) is 27.6 Å². The average Bonchev–Trinajstić information content (AvgIpc) is 3.41. The Labute approximate surface area is 274 Å². The molecule has 8 rings (SSSR count). The van der Waals surface area contributed by atoms with Crippen LogP contribution in [0.25, 0.3) is 33.0 Å². The molecule has 0 aliphatic heterocycles. The van der Waals surface area contributed by atoms with Crippen LogP contribution in [0.3, 0.4) is 0 Å². The minimum Gasteiger partial charge on any atom is -0.310 e. The first-order valence-corrected chi connectivity index (χ1v) is 16.7. The highest BCUT2D eigenvalue weighted by molar-refractivity contribution is 6.01. The smallest absolute Gasteiger partial charge is 0.0540 e. The van der Waals surface area contributed by atoms with E-state index in [-0.39, 0.29) is 16.2 Å². The fourth-order valence-electron chi connectivity index (χ4n) is 8.22. The highest BCUT2D eigenvalue weighted by atomic mass is 15.1. The maximum Gasteiger partial charge on any atom is 0.0540 e. The number of rotatable bonds is 3. The summed E-state index contributed by atoms with van der Waals surface area (Å²) in [5, 5.41) is 2.56. The van der Waals surface area contributed by atoms with Crippen molar-refractivity contribution in [3.05, 3.63) is 149 Å². The van der Waals surface area contributed by atoms with Gasteiger partial charge in [0.05, 0.1) is 5.69 Å². The lowest BCUT2D eigenvalue weighted by Crippen LogP contribution is -2.19. The van der Waals surface area contributed by atoms with Crippen LogP contribution < -0.4 is 4.90 Å². The van der Waals surface area contributed by atoms with Gasteiger partial charge in [-0.15, -0.1) is 0 Å². The predicted molar refractivity (Wildman–Crippen MR) is 197 cm³/mol. The summed E-state index contributed by atoms with van der Waals surface area (Å²) in [6.07, 6.45) is 0.